The number of halogens is 6. The summed E-state index contributed by atoms with van der Waals surface area (Å²) in [6, 6.07) is 61.4. The van der Waals surface area contributed by atoms with Gasteiger partial charge >= 0.3 is 380 Å². The molecule has 18 heteroatoms. The van der Waals surface area contributed by atoms with Crippen LogP contribution in [0, 0.1) is 78.6 Å². The van der Waals surface area contributed by atoms with Gasteiger partial charge in [0, 0.05) is 30.1 Å². The van der Waals surface area contributed by atoms with Crippen molar-refractivity contribution in [3.8, 4) is 50.6 Å². The molecule has 150 heavy (non-hydrogen) atoms. The Hall–Kier alpha value is -6.87. The summed E-state index contributed by atoms with van der Waals surface area (Å²) in [5.41, 5.74) is 41.5. The Kier molecular flexibility index (Phi) is 48.2. The van der Waals surface area contributed by atoms with Gasteiger partial charge in [-0.2, -0.15) is 34.2 Å². The molecular formula is C132H163Br6Mo3N6O3-3. The molecule has 0 fully saturated rings. The van der Waals surface area contributed by atoms with Crippen LogP contribution in [-0.4, -0.2) is 28.5 Å². The number of rotatable bonds is 12. The molecule has 14 aromatic rings. The van der Waals surface area contributed by atoms with E-state index < -0.39 is 53.8 Å². The van der Waals surface area contributed by atoms with Gasteiger partial charge in [0.2, 0.25) is 0 Å². The second kappa shape index (κ2) is 57.9. The van der Waals surface area contributed by atoms with Gasteiger partial charge in [0.1, 0.15) is 17.2 Å². The zero-order valence-electron chi connectivity index (χ0n) is 94.8. The topological polar surface area (TPSA) is 140 Å². The summed E-state index contributed by atoms with van der Waals surface area (Å²) in [5, 5.41) is 37.2. The number of fused-ring (bicyclic) bond motifs is 6. The number of phenolic OH excluding ortho intramolecular Hbond substituents is 3. The number of aromatic nitrogens is 3. The maximum Gasteiger partial charge on any atom is 0.138 e. The summed E-state index contributed by atoms with van der Waals surface area (Å²) in [4.78, 5) is 12.3. The van der Waals surface area contributed by atoms with Gasteiger partial charge in [0.05, 0.1) is 13.4 Å². The smallest absolute Gasteiger partial charge is 0.138 e. The maximum absolute atomic E-state index is 11.0. The van der Waals surface area contributed by atoms with E-state index >= 15 is 0 Å². The SMILES string of the molecule is CC(C)c1cccc(C(C)C)c1[N]=[Mo]=[CH]C(C)(C)C.CC(C)c1cccc(C(C)C)c1[N]=[Mo]=[CH]C(C)(C)C.CC(C)c1cccc(C(C)C)c1[N]=[Mo]=[CH]C(C)(C)C.Cc1c(Br)cc2c(c1-c1c(O)c(Br)cc3c1CCCC3)CCCC2.Cc1c(Br)cc2c(c1-c1c(O)c(Br)cc3c1CCCC3)CCCC2.Cc1c(Br)cc2ccccc2c1-c1c(O)c(Br)cc2ccccc12.Cc1ccc(C)[n-]1.Cc1ccc(C)[n-]1.Cc1ccc(C)[n-]1. The van der Waals surface area contributed by atoms with Crippen LogP contribution in [0.1, 0.15) is 361 Å². The minimum absolute atomic E-state index is 0.278. The molecule has 9 nitrogen and oxygen atoms in total. The fourth-order valence-corrected chi connectivity index (χ4v) is 27.4. The van der Waals surface area contributed by atoms with Gasteiger partial charge in [-0.1, -0.05) is 174 Å². The van der Waals surface area contributed by atoms with Gasteiger partial charge in [-0.25, -0.2) is 0 Å². The van der Waals surface area contributed by atoms with Crippen LogP contribution in [-0.2, 0) is 105 Å². The van der Waals surface area contributed by atoms with E-state index in [2.05, 4.69) is 399 Å². The quantitative estimate of drug-likeness (QED) is 0.104. The van der Waals surface area contributed by atoms with Crippen LogP contribution >= 0.6 is 95.6 Å². The molecule has 3 aromatic heterocycles. The third-order valence-electron chi connectivity index (χ3n) is 27.2. The maximum atomic E-state index is 11.0. The fourth-order valence-electron chi connectivity index (χ4n) is 19.5. The van der Waals surface area contributed by atoms with Crippen LogP contribution < -0.4 is 15.0 Å². The largest absolute Gasteiger partial charge is 0.665 e. The van der Waals surface area contributed by atoms with Crippen LogP contribution in [0.15, 0.2) is 213 Å². The number of hydrogen-bond donors (Lipinski definition) is 3. The Bertz CT molecular complexity index is 6410. The van der Waals surface area contributed by atoms with Crippen molar-refractivity contribution in [2.75, 3.05) is 0 Å². The first kappa shape index (κ1) is 125. The van der Waals surface area contributed by atoms with Crippen LogP contribution in [0.25, 0.3) is 54.9 Å². The first-order chi connectivity index (χ1) is 70.8. The Morgan fingerprint density at radius 3 is 0.727 bits per heavy atom. The van der Waals surface area contributed by atoms with Gasteiger partial charge in [-0.3, -0.25) is 0 Å². The molecule has 4 aliphatic rings. The summed E-state index contributed by atoms with van der Waals surface area (Å²) in [5.74, 6) is 4.37. The average molecular weight is 2650 g/mol. The molecule has 0 amide bonds. The number of nitrogens with zero attached hydrogens (tertiary/aromatic N) is 6. The van der Waals surface area contributed by atoms with Crippen LogP contribution in [0.3, 0.4) is 0 Å². The molecule has 0 saturated heterocycles. The van der Waals surface area contributed by atoms with Gasteiger partial charge in [-0.05, 0) is 307 Å². The minimum Gasteiger partial charge on any atom is -0.665 e. The standard InChI is InChI=1S/2C21H22Br2O.C21H14Br2O.3C12H17N.3C6H8N.3C5H10.3Mo/c3*1-12-17(22)10-13-6-2-4-8-15(13)19(12)20-16-9-5-3-7-14(16)11-18(23)21(20)24;3*1-8(2)10-6-5-7-11(9(3)4)12(10)13;3*1-5-3-4-6(2)7-5;3*1-5(2,3)4;;;/h2*10-11,24H,2-9H2,1H3;2-11,24H,1H3;3*5-9H,1-4H3;3*3-4H,1-2H3;3*1H,2-4H3;;;/q;;;;;;3*-1;;;;;;. The third kappa shape index (κ3) is 35.1. The number of aromatic hydroxyl groups is 3. The monoisotopic (exact) mass is 2650 g/mol. The molecule has 0 aliphatic heterocycles. The fraction of sp³-hybridized carbons (Fsp3) is 0.417. The second-order valence-electron chi connectivity index (χ2n) is 45.7. The van der Waals surface area contributed by atoms with Crippen LogP contribution in [0.4, 0.5) is 17.1 Å². The van der Waals surface area contributed by atoms with Gasteiger partial charge in [0.25, 0.3) is 0 Å². The summed E-state index contributed by atoms with van der Waals surface area (Å²) in [7, 11) is 0. The molecule has 4 aliphatic carbocycles. The molecule has 0 radical (unpaired) electrons. The van der Waals surface area contributed by atoms with Crippen molar-refractivity contribution in [1.29, 1.82) is 0 Å². The summed E-state index contributed by atoms with van der Waals surface area (Å²) in [6.07, 6.45) is 18.9. The summed E-state index contributed by atoms with van der Waals surface area (Å²) < 4.78 is 28.0. The van der Waals surface area contributed by atoms with E-state index in [0.29, 0.717) is 51.5 Å². The van der Waals surface area contributed by atoms with Crippen LogP contribution in [0.2, 0.25) is 0 Å². The number of hydrogen-bond acceptors (Lipinski definition) is 6. The van der Waals surface area contributed by atoms with E-state index in [9.17, 15) is 15.3 Å². The van der Waals surface area contributed by atoms with Gasteiger partial charge < -0.3 is 30.3 Å². The van der Waals surface area contributed by atoms with E-state index in [4.69, 9.17) is 10.5 Å². The molecule has 18 rings (SSSR count). The van der Waals surface area contributed by atoms with E-state index in [1.807, 2.05) is 108 Å². The van der Waals surface area contributed by atoms with Crippen molar-refractivity contribution in [3.05, 3.63) is 332 Å². The van der Waals surface area contributed by atoms with Crippen LogP contribution in [0.5, 0.6) is 17.2 Å². The van der Waals surface area contributed by atoms with Gasteiger partial charge in [-0.15, -0.1) is 0 Å². The first-order valence-electron chi connectivity index (χ1n) is 53.8. The van der Waals surface area contributed by atoms with E-state index in [1.165, 1.54) is 178 Å². The Labute approximate surface area is 975 Å². The molecule has 0 spiro atoms. The van der Waals surface area contributed by atoms with E-state index in [1.54, 1.807) is 0 Å². The Morgan fingerprint density at radius 2 is 0.473 bits per heavy atom. The summed E-state index contributed by atoms with van der Waals surface area (Å²) in [6.45, 7) is 65.8. The predicted octanol–water partition coefficient (Wildman–Crippen LogP) is 41.3. The predicted molar refractivity (Wildman–Crippen MR) is 657 cm³/mol. The zero-order chi connectivity index (χ0) is 110. The Balaban J connectivity index is 0.000000177. The number of benzene rings is 11. The van der Waals surface area contributed by atoms with E-state index in [-0.39, 0.29) is 22.0 Å². The molecule has 0 bridgehead atoms. The van der Waals surface area contributed by atoms with Crippen molar-refractivity contribution in [3.63, 3.8) is 0 Å². The molecule has 11 aromatic carbocycles. The van der Waals surface area contributed by atoms with Gasteiger partial charge in [0.15, 0.2) is 0 Å². The third-order valence-corrected chi connectivity index (χ3v) is 39.6. The zero-order valence-corrected chi connectivity index (χ0v) is 110. The molecule has 0 atom stereocenters. The second-order valence-corrected chi connectivity index (χ2v) is 55.4. The molecule has 802 valence electrons. The number of aryl methyl sites for hydroxylation is 10. The van der Waals surface area contributed by atoms with E-state index in [0.717, 1.165) is 148 Å². The Morgan fingerprint density at radius 1 is 0.260 bits per heavy atom. The normalized spacial score (nSPS) is 12.9. The van der Waals surface area contributed by atoms with Crippen molar-refractivity contribution in [1.82, 2.24) is 15.0 Å². The molecule has 3 N–H and O–H groups in total. The molecule has 3 heterocycles. The average Bonchev–Trinajstić information content (AvgIpc) is 0.818. The van der Waals surface area contributed by atoms with Crippen molar-refractivity contribution < 1.29 is 69.1 Å². The van der Waals surface area contributed by atoms with Crippen molar-refractivity contribution in [2.45, 2.75) is 346 Å². The molecule has 0 unspecified atom stereocenters. The van der Waals surface area contributed by atoms with Crippen molar-refractivity contribution >= 4 is 147 Å². The van der Waals surface area contributed by atoms with Crippen molar-refractivity contribution in [2.24, 2.45) is 26.7 Å². The first-order valence-corrected chi connectivity index (χ1v) is 64.7. The number of phenols is 3. The molecule has 0 saturated carbocycles. The minimum atomic E-state index is -0.415. The molecular weight excluding hydrogens is 2480 g/mol. The summed E-state index contributed by atoms with van der Waals surface area (Å²) >= 11 is 20.7.